The van der Waals surface area contributed by atoms with Gasteiger partial charge in [-0.3, -0.25) is 4.79 Å². The van der Waals surface area contributed by atoms with Gasteiger partial charge in [-0.15, -0.1) is 0 Å². The van der Waals surface area contributed by atoms with Crippen molar-refractivity contribution in [3.05, 3.63) is 46.4 Å². The number of hydrogen-bond acceptors (Lipinski definition) is 4. The smallest absolute Gasteiger partial charge is 0.246 e. The molecule has 0 aliphatic rings. The van der Waals surface area contributed by atoms with Crippen LogP contribution >= 0.6 is 23.2 Å². The SMILES string of the molecule is COc1ccc(NC(C)C(=O)Nc2cccc(Cl)c2Cl)cc1OC. The fourth-order valence-electron chi connectivity index (χ4n) is 2.08. The van der Waals surface area contributed by atoms with Gasteiger partial charge < -0.3 is 20.1 Å². The van der Waals surface area contributed by atoms with Crippen LogP contribution in [-0.2, 0) is 4.79 Å². The molecule has 1 amide bonds. The number of amides is 1. The van der Waals surface area contributed by atoms with E-state index in [0.29, 0.717) is 27.2 Å². The van der Waals surface area contributed by atoms with Crippen LogP contribution in [0.15, 0.2) is 36.4 Å². The Bertz CT molecular complexity index is 738. The summed E-state index contributed by atoms with van der Waals surface area (Å²) in [6.45, 7) is 1.74. The minimum atomic E-state index is -0.502. The van der Waals surface area contributed by atoms with Gasteiger partial charge in [0.05, 0.1) is 30.0 Å². The van der Waals surface area contributed by atoms with E-state index >= 15 is 0 Å². The molecular weight excluding hydrogens is 351 g/mol. The van der Waals surface area contributed by atoms with E-state index in [1.165, 1.54) is 0 Å². The highest BCUT2D eigenvalue weighted by Gasteiger charge is 2.16. The van der Waals surface area contributed by atoms with Gasteiger partial charge in [0.2, 0.25) is 5.91 Å². The molecule has 128 valence electrons. The number of halogens is 2. The molecular formula is C17H18Cl2N2O3. The van der Waals surface area contributed by atoms with Crippen molar-refractivity contribution in [1.29, 1.82) is 0 Å². The molecule has 0 saturated heterocycles. The van der Waals surface area contributed by atoms with Gasteiger partial charge in [-0.25, -0.2) is 0 Å². The van der Waals surface area contributed by atoms with Gasteiger partial charge >= 0.3 is 0 Å². The first-order valence-corrected chi connectivity index (χ1v) is 7.95. The average molecular weight is 369 g/mol. The zero-order valence-corrected chi connectivity index (χ0v) is 15.0. The van der Waals surface area contributed by atoms with Crippen LogP contribution in [0.4, 0.5) is 11.4 Å². The van der Waals surface area contributed by atoms with Crippen LogP contribution in [0.2, 0.25) is 10.0 Å². The minimum absolute atomic E-state index is 0.242. The molecule has 0 fully saturated rings. The molecule has 0 aliphatic carbocycles. The van der Waals surface area contributed by atoms with E-state index in [2.05, 4.69) is 10.6 Å². The van der Waals surface area contributed by atoms with E-state index in [1.54, 1.807) is 57.5 Å². The van der Waals surface area contributed by atoms with Gasteiger partial charge in [-0.2, -0.15) is 0 Å². The van der Waals surface area contributed by atoms with Gasteiger partial charge in [-0.05, 0) is 31.2 Å². The second-order valence-corrected chi connectivity index (χ2v) is 5.81. The lowest BCUT2D eigenvalue weighted by Gasteiger charge is -2.17. The number of benzene rings is 2. The first kappa shape index (κ1) is 18.2. The molecule has 0 heterocycles. The topological polar surface area (TPSA) is 59.6 Å². The van der Waals surface area contributed by atoms with E-state index in [-0.39, 0.29) is 5.91 Å². The summed E-state index contributed by atoms with van der Waals surface area (Å²) in [6.07, 6.45) is 0. The lowest BCUT2D eigenvalue weighted by Crippen LogP contribution is -2.31. The lowest BCUT2D eigenvalue weighted by atomic mass is 10.2. The van der Waals surface area contributed by atoms with Crippen LogP contribution in [0.3, 0.4) is 0 Å². The first-order valence-electron chi connectivity index (χ1n) is 7.19. The third kappa shape index (κ3) is 4.24. The third-order valence-electron chi connectivity index (χ3n) is 3.37. The fourth-order valence-corrected chi connectivity index (χ4v) is 2.43. The van der Waals surface area contributed by atoms with Crippen LogP contribution in [0, 0.1) is 0 Å². The lowest BCUT2D eigenvalue weighted by molar-refractivity contribution is -0.116. The Morgan fingerprint density at radius 3 is 2.46 bits per heavy atom. The Kier molecular flexibility index (Phi) is 6.17. The van der Waals surface area contributed by atoms with Crippen molar-refractivity contribution in [1.82, 2.24) is 0 Å². The van der Waals surface area contributed by atoms with Gasteiger partial charge in [-0.1, -0.05) is 29.3 Å². The zero-order chi connectivity index (χ0) is 17.7. The Labute approximate surface area is 150 Å². The number of rotatable bonds is 6. The van der Waals surface area contributed by atoms with E-state index in [1.807, 2.05) is 0 Å². The Balaban J connectivity index is 2.07. The Hall–Kier alpha value is -2.11. The molecule has 24 heavy (non-hydrogen) atoms. The largest absolute Gasteiger partial charge is 0.493 e. The summed E-state index contributed by atoms with van der Waals surface area (Å²) in [4.78, 5) is 12.3. The van der Waals surface area contributed by atoms with Crippen molar-refractivity contribution in [2.75, 3.05) is 24.9 Å². The van der Waals surface area contributed by atoms with Gasteiger partial charge in [0.15, 0.2) is 11.5 Å². The highest BCUT2D eigenvalue weighted by molar-refractivity contribution is 6.44. The number of carbonyl (C=O) groups is 1. The number of carbonyl (C=O) groups excluding carboxylic acids is 1. The Morgan fingerprint density at radius 1 is 1.08 bits per heavy atom. The summed E-state index contributed by atoms with van der Waals surface area (Å²) >= 11 is 12.0. The second-order valence-electron chi connectivity index (χ2n) is 5.03. The summed E-state index contributed by atoms with van der Waals surface area (Å²) < 4.78 is 10.4. The quantitative estimate of drug-likeness (QED) is 0.790. The number of nitrogens with one attached hydrogen (secondary N) is 2. The molecule has 2 aromatic rings. The minimum Gasteiger partial charge on any atom is -0.493 e. The summed E-state index contributed by atoms with van der Waals surface area (Å²) in [5.41, 5.74) is 1.20. The molecule has 1 unspecified atom stereocenters. The predicted octanol–water partition coefficient (Wildman–Crippen LogP) is 4.45. The summed E-state index contributed by atoms with van der Waals surface area (Å²) in [6, 6.07) is 9.89. The standard InChI is InChI=1S/C17H18Cl2N2O3/c1-10(17(22)21-13-6-4-5-12(18)16(13)19)20-11-7-8-14(23-2)15(9-11)24-3/h4-10,20H,1-3H3,(H,21,22). The summed E-state index contributed by atoms with van der Waals surface area (Å²) in [7, 11) is 3.12. The summed E-state index contributed by atoms with van der Waals surface area (Å²) in [5, 5.41) is 6.54. The maximum Gasteiger partial charge on any atom is 0.246 e. The maximum absolute atomic E-state index is 12.3. The van der Waals surface area contributed by atoms with Crippen LogP contribution in [-0.4, -0.2) is 26.2 Å². The highest BCUT2D eigenvalue weighted by atomic mass is 35.5. The molecule has 0 saturated carbocycles. The monoisotopic (exact) mass is 368 g/mol. The molecule has 1 atom stereocenters. The van der Waals surface area contributed by atoms with Crippen molar-refractivity contribution >= 4 is 40.5 Å². The van der Waals surface area contributed by atoms with Crippen LogP contribution in [0.25, 0.3) is 0 Å². The third-order valence-corrected chi connectivity index (χ3v) is 4.19. The van der Waals surface area contributed by atoms with Crippen LogP contribution in [0.1, 0.15) is 6.92 Å². The van der Waals surface area contributed by atoms with Crippen molar-refractivity contribution < 1.29 is 14.3 Å². The molecule has 7 heteroatoms. The van der Waals surface area contributed by atoms with Gasteiger partial charge in [0.1, 0.15) is 6.04 Å². The predicted molar refractivity (Wildman–Crippen MR) is 97.7 cm³/mol. The number of methoxy groups -OCH3 is 2. The van der Waals surface area contributed by atoms with Crippen molar-refractivity contribution in [2.45, 2.75) is 13.0 Å². The number of ether oxygens (including phenoxy) is 2. The second kappa shape index (κ2) is 8.13. The summed E-state index contributed by atoms with van der Waals surface area (Å²) in [5.74, 6) is 0.952. The molecule has 0 aliphatic heterocycles. The van der Waals surface area contributed by atoms with Crippen molar-refractivity contribution in [3.63, 3.8) is 0 Å². The molecule has 0 spiro atoms. The van der Waals surface area contributed by atoms with E-state index in [4.69, 9.17) is 32.7 Å². The van der Waals surface area contributed by atoms with Gasteiger partial charge in [0, 0.05) is 11.8 Å². The normalized spacial score (nSPS) is 11.5. The first-order chi connectivity index (χ1) is 11.5. The van der Waals surface area contributed by atoms with Crippen molar-refractivity contribution in [2.24, 2.45) is 0 Å². The van der Waals surface area contributed by atoms with Gasteiger partial charge in [0.25, 0.3) is 0 Å². The van der Waals surface area contributed by atoms with Crippen molar-refractivity contribution in [3.8, 4) is 11.5 Å². The van der Waals surface area contributed by atoms with Crippen LogP contribution < -0.4 is 20.1 Å². The molecule has 2 N–H and O–H groups in total. The van der Waals surface area contributed by atoms with E-state index < -0.39 is 6.04 Å². The molecule has 2 aromatic carbocycles. The molecule has 0 radical (unpaired) electrons. The number of hydrogen-bond donors (Lipinski definition) is 2. The molecule has 2 rings (SSSR count). The number of anilines is 2. The van der Waals surface area contributed by atoms with Crippen LogP contribution in [0.5, 0.6) is 11.5 Å². The molecule has 0 bridgehead atoms. The zero-order valence-electron chi connectivity index (χ0n) is 13.5. The Morgan fingerprint density at radius 2 is 1.79 bits per heavy atom. The molecule has 5 nitrogen and oxygen atoms in total. The van der Waals surface area contributed by atoms with E-state index in [0.717, 1.165) is 5.69 Å². The molecule has 0 aromatic heterocycles. The van der Waals surface area contributed by atoms with E-state index in [9.17, 15) is 4.79 Å². The maximum atomic E-state index is 12.3. The average Bonchev–Trinajstić information content (AvgIpc) is 2.58. The highest BCUT2D eigenvalue weighted by Crippen LogP contribution is 2.31. The fraction of sp³-hybridized carbons (Fsp3) is 0.235.